The summed E-state index contributed by atoms with van der Waals surface area (Å²) in [5, 5.41) is 3.99. The lowest BCUT2D eigenvalue weighted by molar-refractivity contribution is 0.0948. The van der Waals surface area contributed by atoms with Gasteiger partial charge in [0.1, 0.15) is 11.6 Å². The van der Waals surface area contributed by atoms with Gasteiger partial charge in [-0.15, -0.1) is 0 Å². The summed E-state index contributed by atoms with van der Waals surface area (Å²) in [6, 6.07) is 21.8. The maximum absolute atomic E-state index is 14.0. The molecule has 1 amide bonds. The summed E-state index contributed by atoms with van der Waals surface area (Å²) in [4.78, 5) is 15.8. The smallest absolute Gasteiger partial charge is 0.254 e. The number of carbonyl (C=O) groups excluding carboxylic acids is 1. The highest BCUT2D eigenvalue weighted by atomic mass is 19.1. The van der Waals surface area contributed by atoms with Gasteiger partial charge in [0.2, 0.25) is 0 Å². The van der Waals surface area contributed by atoms with Crippen molar-refractivity contribution in [3.8, 4) is 5.75 Å². The Hall–Kier alpha value is -3.60. The highest BCUT2D eigenvalue weighted by Crippen LogP contribution is 2.31. The molecule has 4 nitrogen and oxygen atoms in total. The Bertz CT molecular complexity index is 1140. The van der Waals surface area contributed by atoms with Crippen LogP contribution in [0.1, 0.15) is 27.4 Å². The van der Waals surface area contributed by atoms with E-state index in [2.05, 4.69) is 16.4 Å². The molecule has 1 heterocycles. The molecule has 0 aliphatic rings. The first-order valence-corrected chi connectivity index (χ1v) is 9.40. The maximum atomic E-state index is 14.0. The molecule has 5 heteroatoms. The third kappa shape index (κ3) is 3.85. The van der Waals surface area contributed by atoms with Crippen LogP contribution >= 0.6 is 0 Å². The van der Waals surface area contributed by atoms with Crippen LogP contribution in [0.15, 0.2) is 79.0 Å². The van der Waals surface area contributed by atoms with Gasteiger partial charge in [-0.3, -0.25) is 4.79 Å². The molecule has 0 bridgehead atoms. The highest BCUT2D eigenvalue weighted by Gasteiger charge is 2.20. The number of benzene rings is 3. The monoisotopic (exact) mass is 388 g/mol. The van der Waals surface area contributed by atoms with Crippen molar-refractivity contribution < 1.29 is 13.9 Å². The van der Waals surface area contributed by atoms with Gasteiger partial charge in [0.15, 0.2) is 0 Å². The highest BCUT2D eigenvalue weighted by molar-refractivity contribution is 5.94. The minimum absolute atomic E-state index is 0.0416. The molecule has 0 aliphatic carbocycles. The molecule has 0 unspecified atom stereocenters. The predicted molar refractivity (Wildman–Crippen MR) is 112 cm³/mol. The zero-order valence-corrected chi connectivity index (χ0v) is 16.0. The van der Waals surface area contributed by atoms with Crippen molar-refractivity contribution in [2.75, 3.05) is 13.7 Å². The number of hydrogen-bond acceptors (Lipinski definition) is 2. The average Bonchev–Trinajstić information content (AvgIpc) is 3.18. The molecule has 0 fully saturated rings. The van der Waals surface area contributed by atoms with Crippen LogP contribution in [0.5, 0.6) is 5.75 Å². The van der Waals surface area contributed by atoms with E-state index in [9.17, 15) is 9.18 Å². The normalized spacial score (nSPS) is 11.9. The Balaban J connectivity index is 1.66. The van der Waals surface area contributed by atoms with E-state index in [1.807, 2.05) is 48.7 Å². The van der Waals surface area contributed by atoms with Gasteiger partial charge in [-0.25, -0.2) is 4.39 Å². The molecule has 29 heavy (non-hydrogen) atoms. The first-order valence-electron chi connectivity index (χ1n) is 9.40. The summed E-state index contributed by atoms with van der Waals surface area (Å²) in [6.07, 6.45) is 1.97. The molecule has 3 aromatic carbocycles. The van der Waals surface area contributed by atoms with Gasteiger partial charge in [-0.2, -0.15) is 0 Å². The Morgan fingerprint density at radius 3 is 2.52 bits per heavy atom. The molecule has 1 aromatic heterocycles. The number of fused-ring (bicyclic) bond motifs is 1. The maximum Gasteiger partial charge on any atom is 0.254 e. The van der Waals surface area contributed by atoms with Crippen molar-refractivity contribution in [3.63, 3.8) is 0 Å². The molecule has 0 saturated carbocycles. The fraction of sp³-hybridized carbons (Fsp3) is 0.125. The van der Waals surface area contributed by atoms with Gasteiger partial charge in [0.25, 0.3) is 5.91 Å². The van der Waals surface area contributed by atoms with Crippen molar-refractivity contribution >= 4 is 16.8 Å². The third-order valence-corrected chi connectivity index (χ3v) is 5.10. The number of amides is 1. The van der Waals surface area contributed by atoms with Crippen LogP contribution in [0.3, 0.4) is 0 Å². The van der Waals surface area contributed by atoms with Crippen molar-refractivity contribution in [1.82, 2.24) is 10.3 Å². The van der Waals surface area contributed by atoms with Crippen molar-refractivity contribution in [1.29, 1.82) is 0 Å². The number of halogens is 1. The molecule has 0 aliphatic heterocycles. The minimum Gasteiger partial charge on any atom is -0.497 e. The largest absolute Gasteiger partial charge is 0.497 e. The van der Waals surface area contributed by atoms with Crippen LogP contribution in [0.25, 0.3) is 10.9 Å². The van der Waals surface area contributed by atoms with Crippen molar-refractivity contribution in [2.24, 2.45) is 0 Å². The Labute approximate surface area is 168 Å². The number of ether oxygens (including phenoxy) is 1. The van der Waals surface area contributed by atoms with Gasteiger partial charge in [0, 0.05) is 29.6 Å². The van der Waals surface area contributed by atoms with Gasteiger partial charge in [-0.1, -0.05) is 42.5 Å². The van der Waals surface area contributed by atoms with E-state index in [0.717, 1.165) is 27.8 Å². The van der Waals surface area contributed by atoms with Crippen LogP contribution in [0.2, 0.25) is 0 Å². The number of rotatable bonds is 6. The first-order chi connectivity index (χ1) is 14.2. The quantitative estimate of drug-likeness (QED) is 0.495. The van der Waals surface area contributed by atoms with Gasteiger partial charge in [0.05, 0.1) is 12.7 Å². The zero-order chi connectivity index (χ0) is 20.2. The number of carbonyl (C=O) groups is 1. The summed E-state index contributed by atoms with van der Waals surface area (Å²) in [7, 11) is 1.63. The second-order valence-electron chi connectivity index (χ2n) is 6.81. The number of aromatic amines is 1. The molecule has 0 radical (unpaired) electrons. The van der Waals surface area contributed by atoms with Crippen LogP contribution in [-0.2, 0) is 0 Å². The van der Waals surface area contributed by atoms with E-state index in [1.54, 1.807) is 19.2 Å². The minimum atomic E-state index is -0.530. The molecule has 1 atom stereocenters. The van der Waals surface area contributed by atoms with Crippen LogP contribution in [0.4, 0.5) is 4.39 Å². The molecule has 0 saturated heterocycles. The Morgan fingerprint density at radius 1 is 1.03 bits per heavy atom. The van der Waals surface area contributed by atoms with E-state index in [4.69, 9.17) is 4.74 Å². The second-order valence-corrected chi connectivity index (χ2v) is 6.81. The molecular weight excluding hydrogens is 367 g/mol. The van der Waals surface area contributed by atoms with E-state index >= 15 is 0 Å². The van der Waals surface area contributed by atoms with E-state index in [1.165, 1.54) is 12.1 Å². The van der Waals surface area contributed by atoms with E-state index in [-0.39, 0.29) is 11.5 Å². The summed E-state index contributed by atoms with van der Waals surface area (Å²) < 4.78 is 19.2. The Morgan fingerprint density at radius 2 is 1.76 bits per heavy atom. The SMILES string of the molecule is COc1ccc([C@H](CNC(=O)c2ccccc2F)c2c[nH]c3ccccc23)cc1. The van der Waals surface area contributed by atoms with Crippen LogP contribution in [-0.4, -0.2) is 24.5 Å². The van der Waals surface area contributed by atoms with Crippen LogP contribution < -0.4 is 10.1 Å². The summed E-state index contributed by atoms with van der Waals surface area (Å²) in [6.45, 7) is 0.335. The van der Waals surface area contributed by atoms with Crippen molar-refractivity contribution in [3.05, 3.63) is 102 Å². The fourth-order valence-corrected chi connectivity index (χ4v) is 3.56. The lowest BCUT2D eigenvalue weighted by Gasteiger charge is -2.19. The average molecular weight is 388 g/mol. The van der Waals surface area contributed by atoms with Crippen LogP contribution in [0, 0.1) is 5.82 Å². The molecule has 4 aromatic rings. The summed E-state index contributed by atoms with van der Waals surface area (Å²) >= 11 is 0. The molecular formula is C24H21FN2O2. The number of aromatic nitrogens is 1. The Kier molecular flexibility index (Phi) is 5.29. The molecule has 146 valence electrons. The molecule has 0 spiro atoms. The first kappa shape index (κ1) is 18.7. The van der Waals surface area contributed by atoms with E-state index < -0.39 is 11.7 Å². The second kappa shape index (κ2) is 8.19. The number of H-pyrrole nitrogens is 1. The number of methoxy groups -OCH3 is 1. The van der Waals surface area contributed by atoms with Gasteiger partial charge in [-0.05, 0) is 41.5 Å². The van der Waals surface area contributed by atoms with E-state index in [0.29, 0.717) is 6.54 Å². The van der Waals surface area contributed by atoms with Gasteiger partial charge >= 0.3 is 0 Å². The number of hydrogen-bond donors (Lipinski definition) is 2. The predicted octanol–water partition coefficient (Wildman–Crippen LogP) is 4.88. The summed E-state index contributed by atoms with van der Waals surface area (Å²) in [5.74, 6) is -0.297. The molecule has 2 N–H and O–H groups in total. The summed E-state index contributed by atoms with van der Waals surface area (Å²) in [5.41, 5.74) is 3.17. The topological polar surface area (TPSA) is 54.1 Å². The standard InChI is InChI=1S/C24H21FN2O2/c1-29-17-12-10-16(11-13-17)20(21-15-26-23-9-5-3-6-18(21)23)14-27-24(28)19-7-2-4-8-22(19)25/h2-13,15,20,26H,14H2,1H3,(H,27,28)/t20-/m0/s1. The fourth-order valence-electron chi connectivity index (χ4n) is 3.56. The number of para-hydroxylation sites is 1. The molecule has 4 rings (SSSR count). The lowest BCUT2D eigenvalue weighted by atomic mass is 9.90. The third-order valence-electron chi connectivity index (χ3n) is 5.10. The van der Waals surface area contributed by atoms with Crippen molar-refractivity contribution in [2.45, 2.75) is 5.92 Å². The lowest BCUT2D eigenvalue weighted by Crippen LogP contribution is -2.29. The number of nitrogens with one attached hydrogen (secondary N) is 2. The van der Waals surface area contributed by atoms with Gasteiger partial charge < -0.3 is 15.0 Å². The zero-order valence-electron chi connectivity index (χ0n) is 16.0.